The van der Waals surface area contributed by atoms with Crippen LogP contribution >= 0.6 is 0 Å². The van der Waals surface area contributed by atoms with Crippen LogP contribution in [-0.4, -0.2) is 29.0 Å². The number of hydrogen-bond acceptors (Lipinski definition) is 4. The normalized spacial score (nSPS) is 12.7. The Hall–Kier alpha value is -2.97. The highest BCUT2D eigenvalue weighted by atomic mass is 32.2. The minimum absolute atomic E-state index is 0.0962. The van der Waals surface area contributed by atoms with Crippen LogP contribution in [0.2, 0.25) is 0 Å². The number of nitrogens with zero attached hydrogens (tertiary/aromatic N) is 2. The molecule has 134 valence electrons. The summed E-state index contributed by atoms with van der Waals surface area (Å²) in [6.45, 7) is 0. The van der Waals surface area contributed by atoms with Crippen molar-refractivity contribution in [3.05, 3.63) is 83.9 Å². The average Bonchev–Trinajstić information content (AvgIpc) is 3.06. The van der Waals surface area contributed by atoms with E-state index in [1.165, 1.54) is 18.2 Å². The molecule has 2 aromatic carbocycles. The van der Waals surface area contributed by atoms with Gasteiger partial charge in [-0.25, -0.2) is 18.2 Å². The molecule has 0 amide bonds. The van der Waals surface area contributed by atoms with E-state index in [4.69, 9.17) is 5.11 Å². The third-order valence-electron chi connectivity index (χ3n) is 3.91. The second-order valence-corrected chi connectivity index (χ2v) is 7.41. The van der Waals surface area contributed by atoms with Crippen molar-refractivity contribution in [1.29, 1.82) is 0 Å². The van der Waals surface area contributed by atoms with Crippen LogP contribution in [0.1, 0.15) is 27.8 Å². The van der Waals surface area contributed by atoms with Crippen LogP contribution in [0, 0.1) is 0 Å². The number of carboxylic acids is 1. The van der Waals surface area contributed by atoms with Crippen LogP contribution in [0.3, 0.4) is 0 Å². The summed E-state index contributed by atoms with van der Waals surface area (Å²) in [6.07, 6.45) is 3.31. The Kier molecular flexibility index (Phi) is 4.88. The second kappa shape index (κ2) is 7.11. The Labute approximate surface area is 151 Å². The molecule has 0 aliphatic heterocycles. The van der Waals surface area contributed by atoms with Crippen molar-refractivity contribution < 1.29 is 18.3 Å². The smallest absolute Gasteiger partial charge is 0.335 e. The van der Waals surface area contributed by atoms with Crippen LogP contribution < -0.4 is 4.72 Å². The maximum Gasteiger partial charge on any atom is 0.335 e. The maximum absolute atomic E-state index is 12.9. The van der Waals surface area contributed by atoms with Crippen LogP contribution in [0.15, 0.2) is 71.9 Å². The first-order valence-corrected chi connectivity index (χ1v) is 9.24. The molecule has 0 aliphatic carbocycles. The van der Waals surface area contributed by atoms with E-state index in [0.717, 1.165) is 11.6 Å². The summed E-state index contributed by atoms with van der Waals surface area (Å²) in [4.78, 5) is 15.3. The van der Waals surface area contributed by atoms with Gasteiger partial charge in [-0.2, -0.15) is 4.72 Å². The van der Waals surface area contributed by atoms with Gasteiger partial charge in [0.05, 0.1) is 10.5 Å². The summed E-state index contributed by atoms with van der Waals surface area (Å²) in [7, 11) is -2.20. The van der Waals surface area contributed by atoms with E-state index in [2.05, 4.69) is 9.71 Å². The fourth-order valence-electron chi connectivity index (χ4n) is 2.59. The largest absolute Gasteiger partial charge is 0.478 e. The molecule has 0 aliphatic rings. The van der Waals surface area contributed by atoms with Gasteiger partial charge in [-0.05, 0) is 23.8 Å². The molecule has 0 saturated carbocycles. The van der Waals surface area contributed by atoms with Gasteiger partial charge in [-0.15, -0.1) is 0 Å². The number of hydrogen-bond donors (Lipinski definition) is 2. The zero-order chi connectivity index (χ0) is 18.7. The van der Waals surface area contributed by atoms with Gasteiger partial charge in [0, 0.05) is 19.4 Å². The van der Waals surface area contributed by atoms with E-state index < -0.39 is 22.0 Å². The molecule has 0 saturated heterocycles. The molecule has 1 heterocycles. The zero-order valence-corrected chi connectivity index (χ0v) is 14.7. The summed E-state index contributed by atoms with van der Waals surface area (Å²) in [5.74, 6) is -0.667. The number of sulfonamides is 1. The first-order valence-electron chi connectivity index (χ1n) is 7.76. The van der Waals surface area contributed by atoms with Crippen molar-refractivity contribution in [2.45, 2.75) is 10.9 Å². The van der Waals surface area contributed by atoms with E-state index >= 15 is 0 Å². The third kappa shape index (κ3) is 3.66. The summed E-state index contributed by atoms with van der Waals surface area (Å²) in [5.41, 5.74) is 0.626. The van der Waals surface area contributed by atoms with Crippen molar-refractivity contribution in [1.82, 2.24) is 14.3 Å². The van der Waals surface area contributed by atoms with Crippen molar-refractivity contribution in [3.63, 3.8) is 0 Å². The van der Waals surface area contributed by atoms with Gasteiger partial charge in [-0.1, -0.05) is 36.4 Å². The Morgan fingerprint density at radius 1 is 1.15 bits per heavy atom. The summed E-state index contributed by atoms with van der Waals surface area (Å²) in [6, 6.07) is 13.6. The van der Waals surface area contributed by atoms with Crippen LogP contribution in [-0.2, 0) is 17.1 Å². The molecule has 8 heteroatoms. The van der Waals surface area contributed by atoms with Crippen LogP contribution in [0.5, 0.6) is 0 Å². The van der Waals surface area contributed by atoms with Crippen molar-refractivity contribution in [3.8, 4) is 0 Å². The number of aryl methyl sites for hydroxylation is 1. The number of carboxylic acid groups (broad SMARTS) is 1. The lowest BCUT2D eigenvalue weighted by Gasteiger charge is -2.19. The molecular formula is C18H17N3O4S. The number of nitrogens with one attached hydrogen (secondary N) is 1. The first kappa shape index (κ1) is 17.8. The molecule has 0 spiro atoms. The molecule has 1 aromatic heterocycles. The van der Waals surface area contributed by atoms with Crippen molar-refractivity contribution >= 4 is 16.0 Å². The number of aromatic nitrogens is 2. The maximum atomic E-state index is 12.9. The monoisotopic (exact) mass is 371 g/mol. The summed E-state index contributed by atoms with van der Waals surface area (Å²) in [5, 5.41) is 9.09. The highest BCUT2D eigenvalue weighted by molar-refractivity contribution is 7.89. The zero-order valence-electron chi connectivity index (χ0n) is 13.9. The molecule has 0 unspecified atom stereocenters. The van der Waals surface area contributed by atoms with E-state index in [1.54, 1.807) is 36.1 Å². The van der Waals surface area contributed by atoms with Gasteiger partial charge in [0.2, 0.25) is 10.0 Å². The molecular weight excluding hydrogens is 354 g/mol. The van der Waals surface area contributed by atoms with E-state index in [1.807, 2.05) is 18.2 Å². The molecule has 3 aromatic rings. The van der Waals surface area contributed by atoms with Gasteiger partial charge in [0.1, 0.15) is 11.9 Å². The standard InChI is InChI=1S/C18H17N3O4S/c1-21-11-10-19-17(21)16(13-6-3-2-4-7-13)20-26(24,25)15-9-5-8-14(12-15)18(22)23/h2-12,16,20H,1H3,(H,22,23)/t16-/m1/s1. The van der Waals surface area contributed by atoms with Crippen LogP contribution in [0.4, 0.5) is 0 Å². The Morgan fingerprint density at radius 2 is 1.88 bits per heavy atom. The number of carbonyl (C=O) groups is 1. The quantitative estimate of drug-likeness (QED) is 0.692. The minimum Gasteiger partial charge on any atom is -0.478 e. The lowest BCUT2D eigenvalue weighted by molar-refractivity contribution is 0.0696. The molecule has 2 N–H and O–H groups in total. The van der Waals surface area contributed by atoms with Crippen molar-refractivity contribution in [2.75, 3.05) is 0 Å². The predicted octanol–water partition coefficient (Wildman–Crippen LogP) is 2.19. The van der Waals surface area contributed by atoms with Gasteiger partial charge in [0.15, 0.2) is 0 Å². The van der Waals surface area contributed by atoms with Gasteiger partial charge in [-0.3, -0.25) is 0 Å². The first-order chi connectivity index (χ1) is 12.4. The Morgan fingerprint density at radius 3 is 2.50 bits per heavy atom. The average molecular weight is 371 g/mol. The predicted molar refractivity (Wildman–Crippen MR) is 95.2 cm³/mol. The Bertz CT molecular complexity index is 1030. The van der Waals surface area contributed by atoms with Gasteiger partial charge < -0.3 is 9.67 Å². The van der Waals surface area contributed by atoms with E-state index in [0.29, 0.717) is 5.82 Å². The molecule has 1 atom stereocenters. The summed E-state index contributed by atoms with van der Waals surface area (Å²) >= 11 is 0. The molecule has 0 fully saturated rings. The fraction of sp³-hybridized carbons (Fsp3) is 0.111. The fourth-order valence-corrected chi connectivity index (χ4v) is 3.82. The molecule has 26 heavy (non-hydrogen) atoms. The minimum atomic E-state index is -3.97. The third-order valence-corrected chi connectivity index (χ3v) is 5.33. The highest BCUT2D eigenvalue weighted by Gasteiger charge is 2.26. The number of rotatable bonds is 6. The molecule has 0 bridgehead atoms. The number of imidazole rings is 1. The van der Waals surface area contributed by atoms with E-state index in [9.17, 15) is 13.2 Å². The van der Waals surface area contributed by atoms with Gasteiger partial charge in [0.25, 0.3) is 0 Å². The molecule has 0 radical (unpaired) electrons. The highest BCUT2D eigenvalue weighted by Crippen LogP contribution is 2.23. The molecule has 3 rings (SSSR count). The van der Waals surface area contributed by atoms with Crippen molar-refractivity contribution in [2.24, 2.45) is 7.05 Å². The number of benzene rings is 2. The second-order valence-electron chi connectivity index (χ2n) is 5.69. The Balaban J connectivity index is 2.03. The van der Waals surface area contributed by atoms with Gasteiger partial charge >= 0.3 is 5.97 Å². The van der Waals surface area contributed by atoms with E-state index in [-0.39, 0.29) is 10.5 Å². The topological polar surface area (TPSA) is 101 Å². The molecule has 7 nitrogen and oxygen atoms in total. The lowest BCUT2D eigenvalue weighted by atomic mass is 10.1. The summed E-state index contributed by atoms with van der Waals surface area (Å²) < 4.78 is 30.1. The SMILES string of the molecule is Cn1ccnc1[C@H](NS(=O)(=O)c1cccc(C(=O)O)c1)c1ccccc1. The number of aromatic carboxylic acids is 1. The lowest BCUT2D eigenvalue weighted by Crippen LogP contribution is -2.31. The van der Waals surface area contributed by atoms with Crippen LogP contribution in [0.25, 0.3) is 0 Å².